The lowest BCUT2D eigenvalue weighted by molar-refractivity contribution is -0.129. The molecular weight excluding hydrogens is 320 g/mol. The van der Waals surface area contributed by atoms with E-state index in [9.17, 15) is 18.4 Å². The van der Waals surface area contributed by atoms with Crippen LogP contribution in [0.5, 0.6) is 0 Å². The van der Waals surface area contributed by atoms with E-state index in [0.29, 0.717) is 11.4 Å². The van der Waals surface area contributed by atoms with Gasteiger partial charge < -0.3 is 10.6 Å². The highest BCUT2D eigenvalue weighted by Gasteiger charge is 2.17. The zero-order valence-electron chi connectivity index (χ0n) is 12.8. The van der Waals surface area contributed by atoms with E-state index in [1.165, 1.54) is 55.6 Å². The molecule has 0 aliphatic rings. The SMILES string of the molecule is CON(CC(=O)Nc1ccc(F)cc1)C(=O)Nc1ccc(F)cc1. The van der Waals surface area contributed by atoms with Crippen LogP contribution in [-0.2, 0) is 9.63 Å². The number of halogens is 2. The molecule has 126 valence electrons. The van der Waals surface area contributed by atoms with Gasteiger partial charge in [0.25, 0.3) is 0 Å². The third-order valence-corrected chi connectivity index (χ3v) is 2.96. The van der Waals surface area contributed by atoms with Gasteiger partial charge in [-0.25, -0.2) is 13.6 Å². The van der Waals surface area contributed by atoms with E-state index in [2.05, 4.69) is 10.6 Å². The van der Waals surface area contributed by atoms with Gasteiger partial charge in [-0.2, -0.15) is 5.06 Å². The fraction of sp³-hybridized carbons (Fsp3) is 0.125. The number of nitrogens with one attached hydrogen (secondary N) is 2. The maximum absolute atomic E-state index is 12.8. The lowest BCUT2D eigenvalue weighted by Crippen LogP contribution is -2.39. The second-order valence-electron chi connectivity index (χ2n) is 4.71. The average Bonchev–Trinajstić information content (AvgIpc) is 2.56. The molecule has 0 fully saturated rings. The maximum atomic E-state index is 12.8. The minimum atomic E-state index is -0.696. The van der Waals surface area contributed by atoms with E-state index >= 15 is 0 Å². The number of amides is 3. The van der Waals surface area contributed by atoms with Gasteiger partial charge in [-0.3, -0.25) is 9.63 Å². The summed E-state index contributed by atoms with van der Waals surface area (Å²) < 4.78 is 25.6. The Labute approximate surface area is 137 Å². The van der Waals surface area contributed by atoms with Crippen LogP contribution in [0, 0.1) is 11.6 Å². The van der Waals surface area contributed by atoms with Crippen molar-refractivity contribution in [1.29, 1.82) is 0 Å². The van der Waals surface area contributed by atoms with Crippen molar-refractivity contribution in [3.63, 3.8) is 0 Å². The van der Waals surface area contributed by atoms with Crippen LogP contribution in [0.25, 0.3) is 0 Å². The van der Waals surface area contributed by atoms with Crippen LogP contribution in [-0.4, -0.2) is 30.7 Å². The number of anilines is 2. The molecule has 0 saturated heterocycles. The van der Waals surface area contributed by atoms with Gasteiger partial charge >= 0.3 is 6.03 Å². The zero-order valence-corrected chi connectivity index (χ0v) is 12.8. The Kier molecular flexibility index (Phi) is 5.80. The van der Waals surface area contributed by atoms with Crippen molar-refractivity contribution in [2.75, 3.05) is 24.3 Å². The molecule has 6 nitrogen and oxygen atoms in total. The van der Waals surface area contributed by atoms with Crippen molar-refractivity contribution >= 4 is 23.3 Å². The van der Waals surface area contributed by atoms with Gasteiger partial charge in [0, 0.05) is 11.4 Å². The van der Waals surface area contributed by atoms with E-state index in [1.54, 1.807) is 0 Å². The molecule has 0 aliphatic carbocycles. The van der Waals surface area contributed by atoms with E-state index in [-0.39, 0.29) is 6.54 Å². The second-order valence-corrected chi connectivity index (χ2v) is 4.71. The second kappa shape index (κ2) is 8.02. The Morgan fingerprint density at radius 2 is 1.38 bits per heavy atom. The van der Waals surface area contributed by atoms with Crippen molar-refractivity contribution in [3.05, 3.63) is 60.2 Å². The van der Waals surface area contributed by atoms with Crippen LogP contribution in [0.3, 0.4) is 0 Å². The van der Waals surface area contributed by atoms with Gasteiger partial charge in [-0.15, -0.1) is 0 Å². The molecule has 3 amide bonds. The summed E-state index contributed by atoms with van der Waals surface area (Å²) >= 11 is 0. The highest BCUT2D eigenvalue weighted by atomic mass is 19.1. The van der Waals surface area contributed by atoms with Crippen molar-refractivity contribution in [3.8, 4) is 0 Å². The number of hydroxylamine groups is 2. The highest BCUT2D eigenvalue weighted by molar-refractivity contribution is 5.96. The molecule has 2 aromatic rings. The molecular formula is C16H15F2N3O3. The highest BCUT2D eigenvalue weighted by Crippen LogP contribution is 2.10. The summed E-state index contributed by atoms with van der Waals surface area (Å²) in [4.78, 5) is 28.8. The molecule has 0 radical (unpaired) electrons. The molecule has 2 rings (SSSR count). The molecule has 0 unspecified atom stereocenters. The van der Waals surface area contributed by atoms with Gasteiger partial charge in [-0.05, 0) is 48.5 Å². The molecule has 2 aromatic carbocycles. The van der Waals surface area contributed by atoms with E-state index in [1.807, 2.05) is 0 Å². The van der Waals surface area contributed by atoms with Gasteiger partial charge in [0.1, 0.15) is 18.2 Å². The molecule has 0 heterocycles. The lowest BCUT2D eigenvalue weighted by atomic mass is 10.3. The molecule has 0 atom stereocenters. The van der Waals surface area contributed by atoms with Crippen LogP contribution < -0.4 is 10.6 Å². The summed E-state index contributed by atoms with van der Waals surface area (Å²) in [6.45, 7) is -0.388. The number of carbonyl (C=O) groups is 2. The van der Waals surface area contributed by atoms with Crippen LogP contribution >= 0.6 is 0 Å². The van der Waals surface area contributed by atoms with Crippen LogP contribution in [0.15, 0.2) is 48.5 Å². The van der Waals surface area contributed by atoms with Crippen molar-refractivity contribution in [2.45, 2.75) is 0 Å². The fourth-order valence-corrected chi connectivity index (χ4v) is 1.80. The third-order valence-electron chi connectivity index (χ3n) is 2.96. The zero-order chi connectivity index (χ0) is 17.5. The number of benzene rings is 2. The van der Waals surface area contributed by atoms with Gasteiger partial charge in [0.05, 0.1) is 7.11 Å². The van der Waals surface area contributed by atoms with Crippen molar-refractivity contribution in [1.82, 2.24) is 5.06 Å². The minimum absolute atomic E-state index is 0.349. The average molecular weight is 335 g/mol. The monoisotopic (exact) mass is 335 g/mol. The topological polar surface area (TPSA) is 70.7 Å². The summed E-state index contributed by atoms with van der Waals surface area (Å²) in [6, 6.07) is 9.61. The number of hydrogen-bond donors (Lipinski definition) is 2. The molecule has 0 aromatic heterocycles. The Morgan fingerprint density at radius 3 is 1.83 bits per heavy atom. The predicted molar refractivity (Wildman–Crippen MR) is 84.2 cm³/mol. The molecule has 0 bridgehead atoms. The number of carbonyl (C=O) groups excluding carboxylic acids is 2. The third kappa shape index (κ3) is 5.03. The van der Waals surface area contributed by atoms with Crippen molar-refractivity contribution < 1.29 is 23.2 Å². The predicted octanol–water partition coefficient (Wildman–Crippen LogP) is 3.00. The summed E-state index contributed by atoms with van der Waals surface area (Å²) in [7, 11) is 1.23. The first-order valence-corrected chi connectivity index (χ1v) is 6.91. The molecule has 0 saturated carbocycles. The Hall–Kier alpha value is -3.00. The molecule has 0 aliphatic heterocycles. The normalized spacial score (nSPS) is 10.1. The van der Waals surface area contributed by atoms with Crippen molar-refractivity contribution in [2.24, 2.45) is 0 Å². The number of hydrogen-bond acceptors (Lipinski definition) is 3. The molecule has 0 spiro atoms. The van der Waals surface area contributed by atoms with E-state index < -0.39 is 23.6 Å². The lowest BCUT2D eigenvalue weighted by Gasteiger charge is -2.19. The first-order chi connectivity index (χ1) is 11.5. The summed E-state index contributed by atoms with van der Waals surface area (Å²) in [5.74, 6) is -1.39. The Bertz CT molecular complexity index is 706. The standard InChI is InChI=1S/C16H15F2N3O3/c1-24-21(16(23)20-14-8-4-12(18)5-9-14)10-15(22)19-13-6-2-11(17)3-7-13/h2-9H,10H2,1H3,(H,19,22)(H,20,23). The quantitative estimate of drug-likeness (QED) is 0.825. The minimum Gasteiger partial charge on any atom is -0.324 e. The summed E-state index contributed by atoms with van der Waals surface area (Å²) in [5.41, 5.74) is 0.735. The number of rotatable bonds is 5. The maximum Gasteiger partial charge on any atom is 0.346 e. The molecule has 8 heteroatoms. The molecule has 2 N–H and O–H groups in total. The van der Waals surface area contributed by atoms with E-state index in [0.717, 1.165) is 5.06 Å². The van der Waals surface area contributed by atoms with Gasteiger partial charge in [-0.1, -0.05) is 0 Å². The van der Waals surface area contributed by atoms with Crippen LogP contribution in [0.1, 0.15) is 0 Å². The first-order valence-electron chi connectivity index (χ1n) is 6.91. The largest absolute Gasteiger partial charge is 0.346 e. The molecule has 24 heavy (non-hydrogen) atoms. The summed E-state index contributed by atoms with van der Waals surface area (Å²) in [5, 5.41) is 5.76. The fourth-order valence-electron chi connectivity index (χ4n) is 1.80. The number of urea groups is 1. The Balaban J connectivity index is 1.92. The number of nitrogens with zero attached hydrogens (tertiary/aromatic N) is 1. The smallest absolute Gasteiger partial charge is 0.324 e. The van der Waals surface area contributed by atoms with Gasteiger partial charge in [0.15, 0.2) is 0 Å². The van der Waals surface area contributed by atoms with E-state index in [4.69, 9.17) is 4.84 Å². The van der Waals surface area contributed by atoms with Gasteiger partial charge in [0.2, 0.25) is 5.91 Å². The van der Waals surface area contributed by atoms with Crippen LogP contribution in [0.4, 0.5) is 25.0 Å². The first kappa shape index (κ1) is 17.4. The summed E-state index contributed by atoms with van der Waals surface area (Å²) in [6.07, 6.45) is 0. The Morgan fingerprint density at radius 1 is 0.917 bits per heavy atom. The van der Waals surface area contributed by atoms with Crippen LogP contribution in [0.2, 0.25) is 0 Å².